The molecule has 0 atom stereocenters. The van der Waals surface area contributed by atoms with Crippen molar-refractivity contribution in [3.05, 3.63) is 48.2 Å². The van der Waals surface area contributed by atoms with Gasteiger partial charge in [-0.2, -0.15) is 0 Å². The molecular formula is C24H35NO2. The molecule has 1 heterocycles. The van der Waals surface area contributed by atoms with Gasteiger partial charge in [0, 0.05) is 25.0 Å². The summed E-state index contributed by atoms with van der Waals surface area (Å²) >= 11 is 0. The molecule has 1 aromatic carbocycles. The monoisotopic (exact) mass is 369 g/mol. The topological polar surface area (TPSA) is 31.4 Å². The average molecular weight is 370 g/mol. The molecule has 0 aliphatic heterocycles. The predicted octanol–water partition coefficient (Wildman–Crippen LogP) is 6.46. The lowest BCUT2D eigenvalue weighted by atomic mass is 10.1. The maximum atomic E-state index is 5.84. The summed E-state index contributed by atoms with van der Waals surface area (Å²) < 4.78 is 11.4. The lowest BCUT2D eigenvalue weighted by Crippen LogP contribution is -1.98. The van der Waals surface area contributed by atoms with E-state index in [2.05, 4.69) is 43.1 Å². The molecule has 0 amide bonds. The van der Waals surface area contributed by atoms with Gasteiger partial charge in [0.25, 0.3) is 0 Å². The number of hydrogen-bond donors (Lipinski definition) is 0. The highest BCUT2D eigenvalue weighted by Crippen LogP contribution is 2.21. The summed E-state index contributed by atoms with van der Waals surface area (Å²) in [6.45, 7) is 6.86. The number of hydrogen-bond acceptors (Lipinski definition) is 3. The van der Waals surface area contributed by atoms with Crippen molar-refractivity contribution < 1.29 is 9.47 Å². The zero-order valence-electron chi connectivity index (χ0n) is 17.1. The summed E-state index contributed by atoms with van der Waals surface area (Å²) in [5, 5.41) is 0. The van der Waals surface area contributed by atoms with Crippen LogP contribution in [0.2, 0.25) is 0 Å². The molecular weight excluding hydrogens is 334 g/mol. The zero-order valence-corrected chi connectivity index (χ0v) is 17.1. The summed E-state index contributed by atoms with van der Waals surface area (Å²) in [7, 11) is 0. The molecule has 0 saturated heterocycles. The smallest absolute Gasteiger partial charge is 0.119 e. The Morgan fingerprint density at radius 1 is 0.741 bits per heavy atom. The normalized spacial score (nSPS) is 10.9. The summed E-state index contributed by atoms with van der Waals surface area (Å²) in [6.07, 6.45) is 11.4. The van der Waals surface area contributed by atoms with Crippen molar-refractivity contribution in [2.24, 2.45) is 0 Å². The van der Waals surface area contributed by atoms with Crippen LogP contribution in [0.3, 0.4) is 0 Å². The van der Waals surface area contributed by atoms with Gasteiger partial charge in [-0.05, 0) is 61.6 Å². The molecule has 0 saturated carbocycles. The Labute approximate surface area is 165 Å². The van der Waals surface area contributed by atoms with Crippen LogP contribution in [0.5, 0.6) is 5.75 Å². The van der Waals surface area contributed by atoms with Crippen molar-refractivity contribution in [2.75, 3.05) is 19.8 Å². The van der Waals surface area contributed by atoms with E-state index in [-0.39, 0.29) is 0 Å². The first-order valence-corrected chi connectivity index (χ1v) is 10.6. The summed E-state index contributed by atoms with van der Waals surface area (Å²) in [5.74, 6) is 0.943. The molecule has 1 aromatic heterocycles. The number of unbranched alkanes of at least 4 members (excludes halogenated alkanes) is 4. The van der Waals surface area contributed by atoms with Crippen molar-refractivity contribution in [3.63, 3.8) is 0 Å². The fourth-order valence-electron chi connectivity index (χ4n) is 2.99. The lowest BCUT2D eigenvalue weighted by Gasteiger charge is -2.08. The standard InChI is InChI=1S/C24H35NO2/c1-3-5-6-7-8-19-27-23-14-12-22(13-15-23)24-16-11-21(20-25-24)10-9-18-26-17-4-2/h11-16,20H,3-10,17-19H2,1-2H3. The second-order valence-corrected chi connectivity index (χ2v) is 7.05. The fourth-order valence-corrected chi connectivity index (χ4v) is 2.99. The molecule has 3 heteroatoms. The van der Waals surface area contributed by atoms with Gasteiger partial charge >= 0.3 is 0 Å². The summed E-state index contributed by atoms with van der Waals surface area (Å²) in [6, 6.07) is 12.5. The molecule has 2 aromatic rings. The van der Waals surface area contributed by atoms with Crippen molar-refractivity contribution >= 4 is 0 Å². The van der Waals surface area contributed by atoms with Crippen LogP contribution in [-0.4, -0.2) is 24.8 Å². The summed E-state index contributed by atoms with van der Waals surface area (Å²) in [5.41, 5.74) is 3.40. The third kappa shape index (κ3) is 8.57. The van der Waals surface area contributed by atoms with Crippen molar-refractivity contribution in [1.29, 1.82) is 0 Å². The van der Waals surface area contributed by atoms with E-state index in [9.17, 15) is 0 Å². The quantitative estimate of drug-likeness (QED) is 0.358. The first-order valence-electron chi connectivity index (χ1n) is 10.6. The third-order valence-corrected chi connectivity index (χ3v) is 4.59. The van der Waals surface area contributed by atoms with E-state index in [0.29, 0.717) is 0 Å². The highest BCUT2D eigenvalue weighted by molar-refractivity contribution is 5.60. The molecule has 0 spiro atoms. The average Bonchev–Trinajstić information content (AvgIpc) is 2.71. The summed E-state index contributed by atoms with van der Waals surface area (Å²) in [4.78, 5) is 4.62. The molecule has 3 nitrogen and oxygen atoms in total. The molecule has 148 valence electrons. The van der Waals surface area contributed by atoms with E-state index in [1.807, 2.05) is 18.3 Å². The van der Waals surface area contributed by atoms with Gasteiger partial charge in [0.05, 0.1) is 12.3 Å². The van der Waals surface area contributed by atoms with Gasteiger partial charge < -0.3 is 9.47 Å². The Morgan fingerprint density at radius 3 is 2.26 bits per heavy atom. The first kappa shape index (κ1) is 21.4. The zero-order chi connectivity index (χ0) is 19.2. The van der Waals surface area contributed by atoms with Crippen LogP contribution in [0.25, 0.3) is 11.3 Å². The van der Waals surface area contributed by atoms with E-state index in [1.54, 1.807) is 0 Å². The number of ether oxygens (including phenoxy) is 2. The second-order valence-electron chi connectivity index (χ2n) is 7.05. The predicted molar refractivity (Wildman–Crippen MR) is 113 cm³/mol. The number of pyridine rings is 1. The first-order chi connectivity index (χ1) is 13.3. The van der Waals surface area contributed by atoms with Crippen molar-refractivity contribution in [1.82, 2.24) is 4.98 Å². The Kier molecular flexibility index (Phi) is 10.6. The Balaban J connectivity index is 1.74. The van der Waals surface area contributed by atoms with Crippen LogP contribution in [-0.2, 0) is 11.2 Å². The van der Waals surface area contributed by atoms with Gasteiger partial charge in [-0.15, -0.1) is 0 Å². The molecule has 27 heavy (non-hydrogen) atoms. The minimum absolute atomic E-state index is 0.804. The SMILES string of the molecule is CCCCCCCOc1ccc(-c2ccc(CCCOCCC)cn2)cc1. The fraction of sp³-hybridized carbons (Fsp3) is 0.542. The third-order valence-electron chi connectivity index (χ3n) is 4.59. The molecule has 0 fully saturated rings. The maximum Gasteiger partial charge on any atom is 0.119 e. The minimum Gasteiger partial charge on any atom is -0.494 e. The molecule has 2 rings (SSSR count). The van der Waals surface area contributed by atoms with Gasteiger partial charge in [-0.1, -0.05) is 45.6 Å². The molecule has 0 unspecified atom stereocenters. The molecule has 0 radical (unpaired) electrons. The maximum absolute atomic E-state index is 5.84. The highest BCUT2D eigenvalue weighted by Gasteiger charge is 2.02. The van der Waals surface area contributed by atoms with Gasteiger partial charge in [0.15, 0.2) is 0 Å². The molecule has 0 bridgehead atoms. The van der Waals surface area contributed by atoms with E-state index in [0.717, 1.165) is 62.5 Å². The number of aryl methyl sites for hydroxylation is 1. The van der Waals surface area contributed by atoms with Gasteiger partial charge in [-0.25, -0.2) is 0 Å². The van der Waals surface area contributed by atoms with Gasteiger partial charge in [0.2, 0.25) is 0 Å². The minimum atomic E-state index is 0.804. The van der Waals surface area contributed by atoms with E-state index >= 15 is 0 Å². The second kappa shape index (κ2) is 13.3. The van der Waals surface area contributed by atoms with Crippen LogP contribution in [0, 0.1) is 0 Å². The number of aromatic nitrogens is 1. The van der Waals surface area contributed by atoms with Gasteiger partial charge in [-0.3, -0.25) is 4.98 Å². The van der Waals surface area contributed by atoms with Crippen LogP contribution >= 0.6 is 0 Å². The Bertz CT molecular complexity index is 607. The molecule has 0 N–H and O–H groups in total. The number of nitrogens with zero attached hydrogens (tertiary/aromatic N) is 1. The number of benzene rings is 1. The Morgan fingerprint density at radius 2 is 1.56 bits per heavy atom. The Hall–Kier alpha value is -1.87. The number of rotatable bonds is 14. The van der Waals surface area contributed by atoms with Crippen LogP contribution in [0.1, 0.15) is 64.4 Å². The van der Waals surface area contributed by atoms with Crippen LogP contribution in [0.15, 0.2) is 42.6 Å². The molecule has 0 aliphatic carbocycles. The van der Waals surface area contributed by atoms with Crippen molar-refractivity contribution in [3.8, 4) is 17.0 Å². The lowest BCUT2D eigenvalue weighted by molar-refractivity contribution is 0.132. The van der Waals surface area contributed by atoms with E-state index in [1.165, 1.54) is 31.2 Å². The van der Waals surface area contributed by atoms with Crippen LogP contribution in [0.4, 0.5) is 0 Å². The van der Waals surface area contributed by atoms with Crippen LogP contribution < -0.4 is 4.74 Å². The van der Waals surface area contributed by atoms with E-state index < -0.39 is 0 Å². The van der Waals surface area contributed by atoms with E-state index in [4.69, 9.17) is 9.47 Å². The van der Waals surface area contributed by atoms with Gasteiger partial charge in [0.1, 0.15) is 5.75 Å². The molecule has 0 aliphatic rings. The van der Waals surface area contributed by atoms with Crippen molar-refractivity contribution in [2.45, 2.75) is 65.2 Å². The highest BCUT2D eigenvalue weighted by atomic mass is 16.5. The largest absolute Gasteiger partial charge is 0.494 e.